The Bertz CT molecular complexity index is 403. The summed E-state index contributed by atoms with van der Waals surface area (Å²) in [6, 6.07) is 0. The summed E-state index contributed by atoms with van der Waals surface area (Å²) in [6.45, 7) is 2.71. The van der Waals surface area contributed by atoms with Gasteiger partial charge in [0.15, 0.2) is 0 Å². The first-order chi connectivity index (χ1) is 8.62. The Kier molecular flexibility index (Phi) is 4.66. The Morgan fingerprint density at radius 3 is 2.39 bits per heavy atom. The smallest absolute Gasteiger partial charge is 0.215 e. The van der Waals surface area contributed by atoms with E-state index in [2.05, 4.69) is 11.2 Å². The van der Waals surface area contributed by atoms with Gasteiger partial charge in [0.1, 0.15) is 0 Å². The van der Waals surface area contributed by atoms with Crippen LogP contribution in [0.4, 0.5) is 0 Å². The summed E-state index contributed by atoms with van der Waals surface area (Å²) in [4.78, 5) is 0. The summed E-state index contributed by atoms with van der Waals surface area (Å²) in [5.74, 6) is 3.58. The van der Waals surface area contributed by atoms with Crippen LogP contribution in [-0.2, 0) is 10.0 Å². The second-order valence-corrected chi connectivity index (χ2v) is 7.43. The van der Waals surface area contributed by atoms with Gasteiger partial charge in [-0.3, -0.25) is 0 Å². The fraction of sp³-hybridized carbons (Fsp3) is 0.846. The van der Waals surface area contributed by atoms with Gasteiger partial charge < -0.3 is 5.32 Å². The van der Waals surface area contributed by atoms with Crippen LogP contribution < -0.4 is 5.32 Å². The van der Waals surface area contributed by atoms with Crippen LogP contribution in [-0.4, -0.2) is 44.7 Å². The van der Waals surface area contributed by atoms with Gasteiger partial charge in [0.2, 0.25) is 10.0 Å². The van der Waals surface area contributed by atoms with Gasteiger partial charge in [-0.1, -0.05) is 5.92 Å². The number of nitrogens with zero attached hydrogens (tertiary/aromatic N) is 1. The lowest BCUT2D eigenvalue weighted by molar-refractivity contribution is 0.381. The van der Waals surface area contributed by atoms with Crippen molar-refractivity contribution < 1.29 is 8.42 Å². The van der Waals surface area contributed by atoms with Crippen molar-refractivity contribution in [1.29, 1.82) is 0 Å². The van der Waals surface area contributed by atoms with Crippen LogP contribution in [0.15, 0.2) is 0 Å². The van der Waals surface area contributed by atoms with Gasteiger partial charge in [-0.25, -0.2) is 8.42 Å². The molecule has 2 fully saturated rings. The Hall–Kier alpha value is -0.570. The van der Waals surface area contributed by atoms with Crippen LogP contribution in [0.5, 0.6) is 0 Å². The van der Waals surface area contributed by atoms with Crippen LogP contribution in [0.2, 0.25) is 0 Å². The molecule has 0 unspecified atom stereocenters. The molecule has 0 bridgehead atoms. The van der Waals surface area contributed by atoms with Crippen LogP contribution in [0.25, 0.3) is 0 Å². The highest BCUT2D eigenvalue weighted by Gasteiger charge is 2.32. The average molecular weight is 270 g/mol. The van der Waals surface area contributed by atoms with Crippen molar-refractivity contribution in [3.63, 3.8) is 0 Å². The minimum atomic E-state index is -3.18. The quantitative estimate of drug-likeness (QED) is 0.721. The fourth-order valence-corrected chi connectivity index (χ4v) is 4.27. The number of hydrogen-bond acceptors (Lipinski definition) is 3. The van der Waals surface area contributed by atoms with Gasteiger partial charge in [-0.15, -0.1) is 6.42 Å². The normalized spacial score (nSPS) is 22.0. The molecule has 0 amide bonds. The number of terminal acetylenes is 1. The maximum absolute atomic E-state index is 12.4. The monoisotopic (exact) mass is 270 g/mol. The largest absolute Gasteiger partial charge is 0.317 e. The zero-order valence-electron chi connectivity index (χ0n) is 10.8. The van der Waals surface area contributed by atoms with E-state index in [1.54, 1.807) is 0 Å². The van der Waals surface area contributed by atoms with Crippen molar-refractivity contribution in [2.45, 2.75) is 25.7 Å². The van der Waals surface area contributed by atoms with E-state index in [1.807, 2.05) is 0 Å². The number of sulfonamides is 1. The molecular weight excluding hydrogens is 248 g/mol. The first-order valence-corrected chi connectivity index (χ1v) is 8.35. The summed E-state index contributed by atoms with van der Waals surface area (Å²) in [6.07, 6.45) is 9.48. The standard InChI is InChI=1S/C13H22N2O2S/c1-2-9-15(10-12-3-4-12)18(16,17)11-13-5-7-14-8-6-13/h1,12-14H,3-11H2. The molecule has 4 nitrogen and oxygen atoms in total. The molecule has 1 aliphatic heterocycles. The molecule has 0 spiro atoms. The molecule has 0 aromatic heterocycles. The Morgan fingerprint density at radius 1 is 1.17 bits per heavy atom. The van der Waals surface area contributed by atoms with Crippen molar-refractivity contribution in [2.75, 3.05) is 31.9 Å². The Morgan fingerprint density at radius 2 is 1.83 bits per heavy atom. The molecule has 0 radical (unpaired) electrons. The van der Waals surface area contributed by atoms with Gasteiger partial charge in [0, 0.05) is 6.54 Å². The molecule has 1 N–H and O–H groups in total. The Labute approximate surface area is 110 Å². The topological polar surface area (TPSA) is 49.4 Å². The predicted molar refractivity (Wildman–Crippen MR) is 72.5 cm³/mol. The van der Waals surface area contributed by atoms with E-state index < -0.39 is 10.0 Å². The third kappa shape index (κ3) is 3.98. The van der Waals surface area contributed by atoms with Crippen molar-refractivity contribution in [3.8, 4) is 12.3 Å². The molecule has 2 rings (SSSR count). The van der Waals surface area contributed by atoms with E-state index in [0.717, 1.165) is 38.8 Å². The minimum Gasteiger partial charge on any atom is -0.317 e. The molecule has 1 saturated heterocycles. The van der Waals surface area contributed by atoms with E-state index >= 15 is 0 Å². The van der Waals surface area contributed by atoms with Gasteiger partial charge >= 0.3 is 0 Å². The summed E-state index contributed by atoms with van der Waals surface area (Å²) in [5, 5.41) is 3.26. The number of hydrogen-bond donors (Lipinski definition) is 1. The van der Waals surface area contributed by atoms with Crippen LogP contribution in [0, 0.1) is 24.2 Å². The maximum Gasteiger partial charge on any atom is 0.215 e. The first-order valence-electron chi connectivity index (χ1n) is 6.74. The van der Waals surface area contributed by atoms with Crippen molar-refractivity contribution in [3.05, 3.63) is 0 Å². The summed E-state index contributed by atoms with van der Waals surface area (Å²) in [5.41, 5.74) is 0. The van der Waals surface area contributed by atoms with Crippen LogP contribution in [0.1, 0.15) is 25.7 Å². The van der Waals surface area contributed by atoms with Gasteiger partial charge in [0.25, 0.3) is 0 Å². The zero-order chi connectivity index (χ0) is 13.0. The molecule has 102 valence electrons. The Balaban J connectivity index is 1.94. The summed E-state index contributed by atoms with van der Waals surface area (Å²) < 4.78 is 26.2. The van der Waals surface area contributed by atoms with E-state index in [1.165, 1.54) is 4.31 Å². The highest BCUT2D eigenvalue weighted by molar-refractivity contribution is 7.89. The molecule has 5 heteroatoms. The molecular formula is C13H22N2O2S. The number of nitrogens with one attached hydrogen (secondary N) is 1. The lowest BCUT2D eigenvalue weighted by Gasteiger charge is -2.26. The molecule has 1 aliphatic carbocycles. The van der Waals surface area contributed by atoms with E-state index in [9.17, 15) is 8.42 Å². The highest BCUT2D eigenvalue weighted by atomic mass is 32.2. The summed E-state index contributed by atoms with van der Waals surface area (Å²) in [7, 11) is -3.18. The lowest BCUT2D eigenvalue weighted by Crippen LogP contribution is -2.39. The van der Waals surface area contributed by atoms with Gasteiger partial charge in [0.05, 0.1) is 12.3 Å². The molecule has 2 aliphatic rings. The molecule has 1 heterocycles. The second-order valence-electron chi connectivity index (χ2n) is 5.41. The lowest BCUT2D eigenvalue weighted by atomic mass is 10.0. The molecule has 0 aromatic carbocycles. The zero-order valence-corrected chi connectivity index (χ0v) is 11.6. The van der Waals surface area contributed by atoms with Crippen LogP contribution >= 0.6 is 0 Å². The van der Waals surface area contributed by atoms with E-state index in [0.29, 0.717) is 12.5 Å². The third-order valence-corrected chi connectivity index (χ3v) is 5.68. The number of piperidine rings is 1. The first kappa shape index (κ1) is 13.9. The molecule has 0 aromatic rings. The molecule has 18 heavy (non-hydrogen) atoms. The second kappa shape index (κ2) is 6.05. The average Bonchev–Trinajstić information content (AvgIpc) is 3.13. The van der Waals surface area contributed by atoms with Crippen LogP contribution in [0.3, 0.4) is 0 Å². The van der Waals surface area contributed by atoms with Crippen molar-refractivity contribution in [2.24, 2.45) is 11.8 Å². The predicted octanol–water partition coefficient (Wildman–Crippen LogP) is 0.661. The SMILES string of the molecule is C#CCN(CC1CC1)S(=O)(=O)CC1CCNCC1. The summed E-state index contributed by atoms with van der Waals surface area (Å²) >= 11 is 0. The maximum atomic E-state index is 12.4. The number of rotatable bonds is 6. The highest BCUT2D eigenvalue weighted by Crippen LogP contribution is 2.31. The third-order valence-electron chi connectivity index (χ3n) is 3.72. The fourth-order valence-electron chi connectivity index (χ4n) is 2.42. The molecule has 0 atom stereocenters. The van der Waals surface area contributed by atoms with E-state index in [4.69, 9.17) is 6.42 Å². The van der Waals surface area contributed by atoms with Crippen molar-refractivity contribution >= 4 is 10.0 Å². The van der Waals surface area contributed by atoms with Gasteiger partial charge in [-0.05, 0) is 50.6 Å². The van der Waals surface area contributed by atoms with E-state index in [-0.39, 0.29) is 18.2 Å². The minimum absolute atomic E-state index is 0.226. The van der Waals surface area contributed by atoms with Gasteiger partial charge in [-0.2, -0.15) is 4.31 Å². The van der Waals surface area contributed by atoms with Crippen molar-refractivity contribution in [1.82, 2.24) is 9.62 Å². The molecule has 1 saturated carbocycles.